The van der Waals surface area contributed by atoms with E-state index in [2.05, 4.69) is 20.7 Å². The van der Waals surface area contributed by atoms with Gasteiger partial charge in [0.05, 0.1) is 6.54 Å². The van der Waals surface area contributed by atoms with Crippen LogP contribution in [0.15, 0.2) is 0 Å². The average molecular weight is 240 g/mol. The number of anilines is 2. The largest absolute Gasteiger partial charge is 0.381 e. The average Bonchev–Trinajstić information content (AvgIpc) is 2.29. The minimum atomic E-state index is -1.26. The number of hydrogen-bond donors (Lipinski definition) is 5. The van der Waals surface area contributed by atoms with E-state index >= 15 is 0 Å². The van der Waals surface area contributed by atoms with E-state index in [1.165, 1.54) is 0 Å². The van der Waals surface area contributed by atoms with Crippen LogP contribution in [0.25, 0.3) is 0 Å². The van der Waals surface area contributed by atoms with Crippen LogP contribution in [0, 0.1) is 13.8 Å². The Morgan fingerprint density at radius 2 is 2.00 bits per heavy atom. The van der Waals surface area contributed by atoms with E-state index in [1.807, 2.05) is 0 Å². The van der Waals surface area contributed by atoms with Crippen LogP contribution in [0.5, 0.6) is 0 Å². The standard InChI is InChI=1S/C9H16N6O2/c1-4-8(12-3-6(16)7(10)17)13-5(2)14-9(4)15-11/h6,16H,3,11H2,1-2H3,(H2,10,17)(H2,12,13,14,15). The molecule has 0 aromatic carbocycles. The maximum absolute atomic E-state index is 10.7. The number of aliphatic hydroxyl groups is 1. The SMILES string of the molecule is Cc1nc(NN)c(C)c(NCC(O)C(N)=O)n1. The van der Waals surface area contributed by atoms with Crippen LogP contribution in [-0.4, -0.2) is 33.6 Å². The van der Waals surface area contributed by atoms with E-state index in [0.717, 1.165) is 0 Å². The Morgan fingerprint density at radius 3 is 2.53 bits per heavy atom. The number of hydrazine groups is 1. The molecule has 0 radical (unpaired) electrons. The second-order valence-electron chi connectivity index (χ2n) is 3.54. The van der Waals surface area contributed by atoms with E-state index < -0.39 is 12.0 Å². The summed E-state index contributed by atoms with van der Waals surface area (Å²) >= 11 is 0. The highest BCUT2D eigenvalue weighted by Crippen LogP contribution is 2.18. The summed E-state index contributed by atoms with van der Waals surface area (Å²) in [7, 11) is 0. The number of hydrogen-bond acceptors (Lipinski definition) is 7. The molecule has 1 amide bonds. The number of aryl methyl sites for hydroxylation is 1. The second-order valence-corrected chi connectivity index (χ2v) is 3.54. The fourth-order valence-electron chi connectivity index (χ4n) is 1.24. The molecule has 1 aromatic heterocycles. The Morgan fingerprint density at radius 1 is 1.41 bits per heavy atom. The number of aromatic nitrogens is 2. The molecule has 1 atom stereocenters. The Hall–Kier alpha value is -1.93. The van der Waals surface area contributed by atoms with Crippen molar-refractivity contribution < 1.29 is 9.90 Å². The lowest BCUT2D eigenvalue weighted by Gasteiger charge is -2.13. The van der Waals surface area contributed by atoms with Crippen LogP contribution in [0.1, 0.15) is 11.4 Å². The van der Waals surface area contributed by atoms with E-state index in [1.54, 1.807) is 13.8 Å². The summed E-state index contributed by atoms with van der Waals surface area (Å²) in [5.74, 6) is 5.99. The first-order valence-corrected chi connectivity index (χ1v) is 4.98. The Bertz CT molecular complexity index is 422. The van der Waals surface area contributed by atoms with Gasteiger partial charge in [0, 0.05) is 5.56 Å². The molecule has 1 heterocycles. The van der Waals surface area contributed by atoms with E-state index in [9.17, 15) is 9.90 Å². The van der Waals surface area contributed by atoms with Gasteiger partial charge in [0.1, 0.15) is 23.6 Å². The lowest BCUT2D eigenvalue weighted by molar-refractivity contribution is -0.125. The quantitative estimate of drug-likeness (QED) is 0.316. The molecular formula is C9H16N6O2. The van der Waals surface area contributed by atoms with Gasteiger partial charge in [-0.05, 0) is 13.8 Å². The third-order valence-corrected chi connectivity index (χ3v) is 2.19. The monoisotopic (exact) mass is 240 g/mol. The van der Waals surface area contributed by atoms with Gasteiger partial charge in [-0.2, -0.15) is 0 Å². The highest BCUT2D eigenvalue weighted by molar-refractivity contribution is 5.79. The zero-order valence-electron chi connectivity index (χ0n) is 9.69. The molecule has 0 aliphatic rings. The Balaban J connectivity index is 2.84. The minimum Gasteiger partial charge on any atom is -0.381 e. The van der Waals surface area contributed by atoms with Gasteiger partial charge >= 0.3 is 0 Å². The summed E-state index contributed by atoms with van der Waals surface area (Å²) in [6.07, 6.45) is -1.26. The molecule has 8 nitrogen and oxygen atoms in total. The molecule has 0 bridgehead atoms. The number of nitrogens with one attached hydrogen (secondary N) is 2. The van der Waals surface area contributed by atoms with Gasteiger partial charge in [0.25, 0.3) is 0 Å². The topological polar surface area (TPSA) is 139 Å². The third-order valence-electron chi connectivity index (χ3n) is 2.19. The number of amides is 1. The van der Waals surface area contributed by atoms with Gasteiger partial charge in [0.15, 0.2) is 0 Å². The molecule has 94 valence electrons. The van der Waals surface area contributed by atoms with Crippen LogP contribution in [0.2, 0.25) is 0 Å². The second kappa shape index (κ2) is 5.41. The summed E-state index contributed by atoms with van der Waals surface area (Å²) in [6, 6.07) is 0. The minimum absolute atomic E-state index is 0.0172. The number of aliphatic hydroxyl groups excluding tert-OH is 1. The maximum atomic E-state index is 10.7. The fourth-order valence-corrected chi connectivity index (χ4v) is 1.24. The summed E-state index contributed by atoms with van der Waals surface area (Å²) < 4.78 is 0. The molecule has 0 aliphatic carbocycles. The first-order valence-electron chi connectivity index (χ1n) is 4.98. The normalized spacial score (nSPS) is 12.0. The summed E-state index contributed by atoms with van der Waals surface area (Å²) in [5, 5.41) is 12.1. The van der Waals surface area contributed by atoms with Crippen molar-refractivity contribution in [1.82, 2.24) is 9.97 Å². The zero-order chi connectivity index (χ0) is 13.0. The van der Waals surface area contributed by atoms with Gasteiger partial charge in [-0.1, -0.05) is 0 Å². The molecular weight excluding hydrogens is 224 g/mol. The lowest BCUT2D eigenvalue weighted by atomic mass is 10.3. The molecule has 1 rings (SSSR count). The summed E-state index contributed by atoms with van der Waals surface area (Å²) in [6.45, 7) is 3.44. The molecule has 0 aliphatic heterocycles. The van der Waals surface area contributed by atoms with Gasteiger partial charge in [-0.15, -0.1) is 0 Å². The summed E-state index contributed by atoms with van der Waals surface area (Å²) in [4.78, 5) is 18.9. The highest BCUT2D eigenvalue weighted by atomic mass is 16.3. The Labute approximate surface area is 98.4 Å². The predicted molar refractivity (Wildman–Crippen MR) is 63.0 cm³/mol. The zero-order valence-corrected chi connectivity index (χ0v) is 9.69. The van der Waals surface area contributed by atoms with Crippen LogP contribution in [0.3, 0.4) is 0 Å². The van der Waals surface area contributed by atoms with Crippen molar-refractivity contribution in [3.05, 3.63) is 11.4 Å². The van der Waals surface area contributed by atoms with E-state index in [4.69, 9.17) is 11.6 Å². The third kappa shape index (κ3) is 3.26. The fraction of sp³-hybridized carbons (Fsp3) is 0.444. The lowest BCUT2D eigenvalue weighted by Crippen LogP contribution is -2.34. The van der Waals surface area contributed by atoms with Crippen molar-refractivity contribution in [2.45, 2.75) is 20.0 Å². The molecule has 1 aromatic rings. The van der Waals surface area contributed by atoms with E-state index in [0.29, 0.717) is 23.0 Å². The van der Waals surface area contributed by atoms with Crippen LogP contribution < -0.4 is 22.3 Å². The van der Waals surface area contributed by atoms with Gasteiger partial charge in [-0.25, -0.2) is 15.8 Å². The summed E-state index contributed by atoms with van der Waals surface area (Å²) in [5.41, 5.74) is 8.06. The highest BCUT2D eigenvalue weighted by Gasteiger charge is 2.13. The number of nitrogens with zero attached hydrogens (tertiary/aromatic N) is 2. The van der Waals surface area contributed by atoms with Gasteiger partial charge in [0.2, 0.25) is 5.91 Å². The molecule has 0 spiro atoms. The molecule has 0 saturated heterocycles. The maximum Gasteiger partial charge on any atom is 0.248 e. The first kappa shape index (κ1) is 13.1. The van der Waals surface area contributed by atoms with Crippen molar-refractivity contribution in [3.63, 3.8) is 0 Å². The van der Waals surface area contributed by atoms with Gasteiger partial charge < -0.3 is 21.6 Å². The number of nitrogen functional groups attached to an aromatic ring is 1. The first-order chi connectivity index (χ1) is 7.95. The number of nitrogens with two attached hydrogens (primary N) is 2. The Kier molecular flexibility index (Phi) is 4.18. The van der Waals surface area contributed by atoms with Crippen molar-refractivity contribution in [2.75, 3.05) is 17.3 Å². The molecule has 8 heteroatoms. The van der Waals surface area contributed by atoms with Crippen molar-refractivity contribution in [3.8, 4) is 0 Å². The molecule has 0 fully saturated rings. The van der Waals surface area contributed by atoms with Gasteiger partial charge in [-0.3, -0.25) is 4.79 Å². The predicted octanol–water partition coefficient (Wildman–Crippen LogP) is -1.36. The number of carbonyl (C=O) groups excluding carboxylic acids is 1. The molecule has 0 saturated carbocycles. The molecule has 1 unspecified atom stereocenters. The number of primary amides is 1. The van der Waals surface area contributed by atoms with Crippen molar-refractivity contribution in [1.29, 1.82) is 0 Å². The molecule has 17 heavy (non-hydrogen) atoms. The van der Waals surface area contributed by atoms with E-state index in [-0.39, 0.29) is 6.54 Å². The van der Waals surface area contributed by atoms with Crippen molar-refractivity contribution >= 4 is 17.5 Å². The van der Waals surface area contributed by atoms with Crippen LogP contribution in [0.4, 0.5) is 11.6 Å². The molecule has 7 N–H and O–H groups in total. The van der Waals surface area contributed by atoms with Crippen LogP contribution in [-0.2, 0) is 4.79 Å². The number of rotatable bonds is 5. The van der Waals surface area contributed by atoms with Crippen molar-refractivity contribution in [2.24, 2.45) is 11.6 Å². The number of carbonyl (C=O) groups is 1. The smallest absolute Gasteiger partial charge is 0.248 e. The van der Waals surface area contributed by atoms with Crippen LogP contribution >= 0.6 is 0 Å².